The van der Waals surface area contributed by atoms with Crippen LogP contribution in [0.1, 0.15) is 47.0 Å². The van der Waals surface area contributed by atoms with Crippen LogP contribution in [0.4, 0.5) is 0 Å². The molecular weight excluding hydrogens is 184 g/mol. The maximum Gasteiger partial charge on any atom is 0.0235 e. The number of hydrogen-bond donors (Lipinski definition) is 1. The summed E-state index contributed by atoms with van der Waals surface area (Å²) in [6, 6.07) is 1.54. The van der Waals surface area contributed by atoms with Gasteiger partial charge in [-0.05, 0) is 45.2 Å². The Morgan fingerprint density at radius 1 is 1.27 bits per heavy atom. The first kappa shape index (κ1) is 13.0. The van der Waals surface area contributed by atoms with E-state index >= 15 is 0 Å². The average Bonchev–Trinajstić information content (AvgIpc) is 2.69. The lowest BCUT2D eigenvalue weighted by atomic mass is 10.0. The first-order valence-electron chi connectivity index (χ1n) is 6.61. The predicted octanol–water partition coefficient (Wildman–Crippen LogP) is 2.49. The Bertz CT molecular complexity index is 162. The van der Waals surface area contributed by atoms with Crippen LogP contribution < -0.4 is 5.32 Å². The summed E-state index contributed by atoms with van der Waals surface area (Å²) in [4.78, 5) is 2.68. The van der Waals surface area contributed by atoms with Crippen LogP contribution in [-0.4, -0.2) is 36.6 Å². The van der Waals surface area contributed by atoms with E-state index in [1.165, 1.54) is 38.9 Å². The van der Waals surface area contributed by atoms with E-state index in [0.29, 0.717) is 0 Å². The highest BCUT2D eigenvalue weighted by atomic mass is 15.2. The molecule has 2 heteroatoms. The maximum absolute atomic E-state index is 3.47. The van der Waals surface area contributed by atoms with E-state index in [1.54, 1.807) is 0 Å². The van der Waals surface area contributed by atoms with Gasteiger partial charge in [0.1, 0.15) is 0 Å². The molecule has 0 aromatic heterocycles. The molecule has 90 valence electrons. The van der Waals surface area contributed by atoms with Crippen molar-refractivity contribution >= 4 is 0 Å². The summed E-state index contributed by atoms with van der Waals surface area (Å²) in [5.41, 5.74) is 0. The van der Waals surface area contributed by atoms with E-state index in [4.69, 9.17) is 0 Å². The van der Waals surface area contributed by atoms with E-state index in [2.05, 4.69) is 37.9 Å². The van der Waals surface area contributed by atoms with Gasteiger partial charge < -0.3 is 5.32 Å². The van der Waals surface area contributed by atoms with Gasteiger partial charge in [-0.25, -0.2) is 0 Å². The molecule has 0 bridgehead atoms. The topological polar surface area (TPSA) is 15.3 Å². The smallest absolute Gasteiger partial charge is 0.0235 e. The highest BCUT2D eigenvalue weighted by molar-refractivity contribution is 4.83. The van der Waals surface area contributed by atoms with Crippen LogP contribution in [0.5, 0.6) is 0 Å². The Kier molecular flexibility index (Phi) is 5.62. The van der Waals surface area contributed by atoms with E-state index in [1.807, 2.05) is 0 Å². The first-order valence-corrected chi connectivity index (χ1v) is 6.61. The zero-order valence-corrected chi connectivity index (χ0v) is 10.9. The Hall–Kier alpha value is -0.0800. The normalized spacial score (nSPS) is 24.0. The predicted molar refractivity (Wildman–Crippen MR) is 67.2 cm³/mol. The quantitative estimate of drug-likeness (QED) is 0.728. The minimum absolute atomic E-state index is 0.752. The lowest BCUT2D eigenvalue weighted by molar-refractivity contribution is 0.149. The monoisotopic (exact) mass is 212 g/mol. The van der Waals surface area contributed by atoms with Crippen LogP contribution in [0.3, 0.4) is 0 Å². The molecule has 0 aromatic rings. The van der Waals surface area contributed by atoms with Gasteiger partial charge in [-0.3, -0.25) is 4.90 Å². The van der Waals surface area contributed by atoms with Gasteiger partial charge in [-0.2, -0.15) is 0 Å². The lowest BCUT2D eigenvalue weighted by Crippen LogP contribution is -2.42. The highest BCUT2D eigenvalue weighted by Crippen LogP contribution is 2.17. The standard InChI is InChI=1S/C13H28N2/c1-5-15(13-8-9-14-10-13)12(4)7-6-11(2)3/h11-14H,5-10H2,1-4H3. The van der Waals surface area contributed by atoms with Gasteiger partial charge in [0.05, 0.1) is 0 Å². The Morgan fingerprint density at radius 3 is 2.47 bits per heavy atom. The van der Waals surface area contributed by atoms with Crippen molar-refractivity contribution in [3.63, 3.8) is 0 Å². The summed E-state index contributed by atoms with van der Waals surface area (Å²) >= 11 is 0. The fourth-order valence-electron chi connectivity index (χ4n) is 2.59. The Labute approximate surface area is 95.4 Å². The molecule has 0 saturated carbocycles. The van der Waals surface area contributed by atoms with Gasteiger partial charge in [-0.1, -0.05) is 20.8 Å². The second-order valence-corrected chi connectivity index (χ2v) is 5.30. The zero-order chi connectivity index (χ0) is 11.3. The summed E-state index contributed by atoms with van der Waals surface area (Å²) in [7, 11) is 0. The maximum atomic E-state index is 3.47. The number of hydrogen-bond acceptors (Lipinski definition) is 2. The largest absolute Gasteiger partial charge is 0.315 e. The third kappa shape index (κ3) is 4.12. The summed E-state index contributed by atoms with van der Waals surface area (Å²) in [6.45, 7) is 12.9. The highest BCUT2D eigenvalue weighted by Gasteiger charge is 2.24. The third-order valence-corrected chi connectivity index (χ3v) is 3.60. The molecular formula is C13H28N2. The second kappa shape index (κ2) is 6.49. The van der Waals surface area contributed by atoms with Gasteiger partial charge in [0, 0.05) is 18.6 Å². The molecule has 0 radical (unpaired) electrons. The molecule has 0 spiro atoms. The van der Waals surface area contributed by atoms with Gasteiger partial charge >= 0.3 is 0 Å². The molecule has 1 rings (SSSR count). The molecule has 1 saturated heterocycles. The molecule has 2 atom stereocenters. The van der Waals surface area contributed by atoms with Crippen LogP contribution in [0.25, 0.3) is 0 Å². The molecule has 15 heavy (non-hydrogen) atoms. The van der Waals surface area contributed by atoms with Crippen LogP contribution in [0.15, 0.2) is 0 Å². The van der Waals surface area contributed by atoms with Crippen molar-refractivity contribution in [2.24, 2.45) is 5.92 Å². The Balaban J connectivity index is 2.35. The molecule has 0 amide bonds. The van der Waals surface area contributed by atoms with E-state index in [9.17, 15) is 0 Å². The average molecular weight is 212 g/mol. The third-order valence-electron chi connectivity index (χ3n) is 3.60. The number of rotatable bonds is 6. The number of nitrogens with one attached hydrogen (secondary N) is 1. The van der Waals surface area contributed by atoms with Crippen LogP contribution in [-0.2, 0) is 0 Å². The van der Waals surface area contributed by atoms with Crippen LogP contribution in [0, 0.1) is 5.92 Å². The number of nitrogens with zero attached hydrogens (tertiary/aromatic N) is 1. The van der Waals surface area contributed by atoms with Crippen LogP contribution >= 0.6 is 0 Å². The SMILES string of the molecule is CCN(C(C)CCC(C)C)C1CCNC1. The second-order valence-electron chi connectivity index (χ2n) is 5.30. The van der Waals surface area contributed by atoms with Crippen molar-refractivity contribution in [2.75, 3.05) is 19.6 Å². The zero-order valence-electron chi connectivity index (χ0n) is 10.9. The van der Waals surface area contributed by atoms with Gasteiger partial charge in [-0.15, -0.1) is 0 Å². The summed E-state index contributed by atoms with van der Waals surface area (Å²) in [5, 5.41) is 3.47. The number of likely N-dealkylation sites (N-methyl/N-ethyl adjacent to an activating group) is 1. The van der Waals surface area contributed by atoms with E-state index in [0.717, 1.165) is 18.0 Å². The van der Waals surface area contributed by atoms with Gasteiger partial charge in [0.15, 0.2) is 0 Å². The fourth-order valence-corrected chi connectivity index (χ4v) is 2.59. The van der Waals surface area contributed by atoms with E-state index in [-0.39, 0.29) is 0 Å². The Morgan fingerprint density at radius 2 is 2.00 bits per heavy atom. The molecule has 0 aliphatic carbocycles. The summed E-state index contributed by atoms with van der Waals surface area (Å²) in [6.07, 6.45) is 4.04. The van der Waals surface area contributed by atoms with Crippen molar-refractivity contribution in [2.45, 2.75) is 59.0 Å². The summed E-state index contributed by atoms with van der Waals surface area (Å²) < 4.78 is 0. The van der Waals surface area contributed by atoms with Crippen molar-refractivity contribution in [3.8, 4) is 0 Å². The van der Waals surface area contributed by atoms with Crippen molar-refractivity contribution in [3.05, 3.63) is 0 Å². The molecule has 0 aromatic carbocycles. The van der Waals surface area contributed by atoms with Crippen molar-refractivity contribution in [1.82, 2.24) is 10.2 Å². The molecule has 2 unspecified atom stereocenters. The molecule has 1 fully saturated rings. The molecule has 1 aliphatic rings. The molecule has 1 aliphatic heterocycles. The minimum atomic E-state index is 0.752. The van der Waals surface area contributed by atoms with Crippen molar-refractivity contribution in [1.29, 1.82) is 0 Å². The van der Waals surface area contributed by atoms with Crippen LogP contribution in [0.2, 0.25) is 0 Å². The van der Waals surface area contributed by atoms with Gasteiger partial charge in [0.2, 0.25) is 0 Å². The minimum Gasteiger partial charge on any atom is -0.315 e. The molecule has 1 heterocycles. The van der Waals surface area contributed by atoms with Gasteiger partial charge in [0.25, 0.3) is 0 Å². The first-order chi connectivity index (χ1) is 7.15. The molecule has 2 nitrogen and oxygen atoms in total. The molecule has 1 N–H and O–H groups in total. The summed E-state index contributed by atoms with van der Waals surface area (Å²) in [5.74, 6) is 0.841. The van der Waals surface area contributed by atoms with E-state index < -0.39 is 0 Å². The lowest BCUT2D eigenvalue weighted by Gasteiger charge is -2.33. The fraction of sp³-hybridized carbons (Fsp3) is 1.00. The van der Waals surface area contributed by atoms with Crippen molar-refractivity contribution < 1.29 is 0 Å².